The molecule has 0 amide bonds. The van der Waals surface area contributed by atoms with E-state index in [1.807, 2.05) is 24.3 Å². The predicted octanol–water partition coefficient (Wildman–Crippen LogP) is 3.15. The minimum absolute atomic E-state index is 0.0515. The van der Waals surface area contributed by atoms with E-state index in [9.17, 15) is 9.90 Å². The van der Waals surface area contributed by atoms with Crippen molar-refractivity contribution in [3.63, 3.8) is 0 Å². The van der Waals surface area contributed by atoms with Gasteiger partial charge in [-0.05, 0) is 49.9 Å². The molecule has 0 aromatic heterocycles. The lowest BCUT2D eigenvalue weighted by Gasteiger charge is -2.37. The van der Waals surface area contributed by atoms with Crippen LogP contribution in [-0.2, 0) is 12.8 Å². The van der Waals surface area contributed by atoms with Crippen LogP contribution in [0, 0.1) is 0 Å². The number of aliphatic hydroxyl groups is 1. The first-order valence-electron chi connectivity index (χ1n) is 10.0. The topological polar surface area (TPSA) is 68.2 Å². The van der Waals surface area contributed by atoms with E-state index in [1.54, 1.807) is 7.11 Å². The molecule has 154 valence electrons. The lowest BCUT2D eigenvalue weighted by atomic mass is 9.87. The first kappa shape index (κ1) is 19.7. The van der Waals surface area contributed by atoms with E-state index in [0.29, 0.717) is 24.2 Å². The van der Waals surface area contributed by atoms with Crippen molar-refractivity contribution in [2.45, 2.75) is 37.8 Å². The molecule has 0 saturated heterocycles. The van der Waals surface area contributed by atoms with Crippen LogP contribution in [0.1, 0.15) is 45.9 Å². The summed E-state index contributed by atoms with van der Waals surface area (Å²) < 4.78 is 16.9. The Kier molecular flexibility index (Phi) is 5.74. The van der Waals surface area contributed by atoms with Crippen LogP contribution in [0.3, 0.4) is 0 Å². The highest BCUT2D eigenvalue weighted by Gasteiger charge is 2.34. The molecule has 1 N–H and O–H groups in total. The Morgan fingerprint density at radius 3 is 2.83 bits per heavy atom. The maximum atomic E-state index is 10.8. The fourth-order valence-corrected chi connectivity index (χ4v) is 4.29. The standard InChI is InChI=1S/C23H27NO5/c1-24-10-9-17-11-20-22(29-14-28-20)23(27-2)21(17)19(24)12-18(26)8-7-15-3-5-16(13-25)6-4-15/h3-6,11,13,18-19,26H,7-10,12,14H2,1-2H3. The van der Waals surface area contributed by atoms with Crippen LogP contribution < -0.4 is 14.2 Å². The molecule has 0 fully saturated rings. The molecular weight excluding hydrogens is 370 g/mol. The second kappa shape index (κ2) is 8.43. The molecule has 6 heteroatoms. The summed E-state index contributed by atoms with van der Waals surface area (Å²) in [7, 11) is 3.74. The maximum Gasteiger partial charge on any atom is 0.231 e. The van der Waals surface area contributed by atoms with Crippen LogP contribution in [0.25, 0.3) is 0 Å². The van der Waals surface area contributed by atoms with E-state index in [-0.39, 0.29) is 12.8 Å². The van der Waals surface area contributed by atoms with Crippen molar-refractivity contribution in [1.82, 2.24) is 4.90 Å². The third-order valence-corrected chi connectivity index (χ3v) is 5.92. The Balaban J connectivity index is 1.50. The van der Waals surface area contributed by atoms with Gasteiger partial charge in [-0.15, -0.1) is 0 Å². The van der Waals surface area contributed by atoms with Gasteiger partial charge in [-0.2, -0.15) is 0 Å². The van der Waals surface area contributed by atoms with Gasteiger partial charge in [-0.1, -0.05) is 24.3 Å². The normalized spacial score (nSPS) is 18.9. The number of rotatable bonds is 7. The Labute approximate surface area is 171 Å². The summed E-state index contributed by atoms with van der Waals surface area (Å²) in [5.74, 6) is 2.13. The third-order valence-electron chi connectivity index (χ3n) is 5.92. The van der Waals surface area contributed by atoms with E-state index in [0.717, 1.165) is 48.3 Å². The molecule has 2 aromatic rings. The van der Waals surface area contributed by atoms with Crippen LogP contribution in [0.4, 0.5) is 0 Å². The zero-order valence-corrected chi connectivity index (χ0v) is 16.9. The Hall–Kier alpha value is -2.57. The van der Waals surface area contributed by atoms with Gasteiger partial charge >= 0.3 is 0 Å². The molecule has 2 aliphatic rings. The van der Waals surface area contributed by atoms with Gasteiger partial charge < -0.3 is 19.3 Å². The molecule has 4 rings (SSSR count). The van der Waals surface area contributed by atoms with E-state index in [2.05, 4.69) is 18.0 Å². The van der Waals surface area contributed by atoms with Gasteiger partial charge in [0, 0.05) is 23.7 Å². The minimum atomic E-state index is -0.450. The largest absolute Gasteiger partial charge is 0.492 e. The van der Waals surface area contributed by atoms with E-state index in [1.165, 1.54) is 5.56 Å². The number of ether oxygens (including phenoxy) is 3. The molecular formula is C23H27NO5. The molecule has 0 saturated carbocycles. The minimum Gasteiger partial charge on any atom is -0.492 e. The molecule has 0 spiro atoms. The number of benzene rings is 2. The smallest absolute Gasteiger partial charge is 0.231 e. The van der Waals surface area contributed by atoms with Crippen molar-refractivity contribution >= 4 is 6.29 Å². The van der Waals surface area contributed by atoms with E-state index >= 15 is 0 Å². The monoisotopic (exact) mass is 397 g/mol. The highest BCUT2D eigenvalue weighted by Crippen LogP contribution is 2.50. The number of methoxy groups -OCH3 is 1. The second-order valence-electron chi connectivity index (χ2n) is 7.75. The van der Waals surface area contributed by atoms with Gasteiger partial charge in [-0.3, -0.25) is 9.69 Å². The van der Waals surface area contributed by atoms with Crippen LogP contribution >= 0.6 is 0 Å². The summed E-state index contributed by atoms with van der Waals surface area (Å²) in [6, 6.07) is 9.63. The van der Waals surface area contributed by atoms with Crippen molar-refractivity contribution in [2.75, 3.05) is 27.5 Å². The SMILES string of the molecule is COc1c2c(cc3c1C(CC(O)CCc1ccc(C=O)cc1)N(C)CC3)OCO2. The number of aryl methyl sites for hydroxylation is 1. The van der Waals surface area contributed by atoms with Gasteiger partial charge in [0.15, 0.2) is 11.5 Å². The summed E-state index contributed by atoms with van der Waals surface area (Å²) >= 11 is 0. The van der Waals surface area contributed by atoms with Crippen molar-refractivity contribution in [1.29, 1.82) is 0 Å². The number of carbonyl (C=O) groups is 1. The molecule has 2 unspecified atom stereocenters. The van der Waals surface area contributed by atoms with Gasteiger partial charge in [0.1, 0.15) is 6.29 Å². The van der Waals surface area contributed by atoms with Crippen LogP contribution in [0.5, 0.6) is 17.2 Å². The van der Waals surface area contributed by atoms with Gasteiger partial charge in [0.05, 0.1) is 13.2 Å². The van der Waals surface area contributed by atoms with E-state index in [4.69, 9.17) is 14.2 Å². The number of aliphatic hydroxyl groups excluding tert-OH is 1. The Morgan fingerprint density at radius 1 is 1.31 bits per heavy atom. The quantitative estimate of drug-likeness (QED) is 0.724. The van der Waals surface area contributed by atoms with Gasteiger partial charge in [0.25, 0.3) is 0 Å². The summed E-state index contributed by atoms with van der Waals surface area (Å²) in [5.41, 5.74) is 4.08. The summed E-state index contributed by atoms with van der Waals surface area (Å²) in [4.78, 5) is 13.1. The molecule has 29 heavy (non-hydrogen) atoms. The number of hydrogen-bond acceptors (Lipinski definition) is 6. The highest BCUT2D eigenvalue weighted by molar-refractivity contribution is 5.74. The molecule has 0 bridgehead atoms. The van der Waals surface area contributed by atoms with Crippen molar-refractivity contribution in [2.24, 2.45) is 0 Å². The first-order chi connectivity index (χ1) is 14.1. The number of carbonyl (C=O) groups excluding carboxylic acids is 1. The maximum absolute atomic E-state index is 10.8. The first-order valence-corrected chi connectivity index (χ1v) is 10.0. The fraction of sp³-hybridized carbons (Fsp3) is 0.435. The van der Waals surface area contributed by atoms with Gasteiger partial charge in [-0.25, -0.2) is 0 Å². The molecule has 2 heterocycles. The number of nitrogens with zero attached hydrogens (tertiary/aromatic N) is 1. The summed E-state index contributed by atoms with van der Waals surface area (Å²) in [6.45, 7) is 1.13. The second-order valence-corrected chi connectivity index (χ2v) is 7.75. The summed E-state index contributed by atoms with van der Waals surface area (Å²) in [5, 5.41) is 10.8. The van der Waals surface area contributed by atoms with Gasteiger partial charge in [0.2, 0.25) is 12.5 Å². The lowest BCUT2D eigenvalue weighted by Crippen LogP contribution is -2.34. The predicted molar refractivity (Wildman–Crippen MR) is 109 cm³/mol. The molecule has 2 aromatic carbocycles. The molecule has 2 aliphatic heterocycles. The number of hydrogen-bond donors (Lipinski definition) is 1. The van der Waals surface area contributed by atoms with Crippen LogP contribution in [-0.4, -0.2) is 49.9 Å². The van der Waals surface area contributed by atoms with Crippen molar-refractivity contribution in [3.05, 3.63) is 52.6 Å². The van der Waals surface area contributed by atoms with E-state index < -0.39 is 6.10 Å². The highest BCUT2D eigenvalue weighted by atomic mass is 16.7. The van der Waals surface area contributed by atoms with Crippen molar-refractivity contribution < 1.29 is 24.1 Å². The molecule has 2 atom stereocenters. The Morgan fingerprint density at radius 2 is 2.10 bits per heavy atom. The average Bonchev–Trinajstić information content (AvgIpc) is 3.21. The van der Waals surface area contributed by atoms with Crippen molar-refractivity contribution in [3.8, 4) is 17.2 Å². The molecule has 6 nitrogen and oxygen atoms in total. The third kappa shape index (κ3) is 3.95. The molecule has 0 aliphatic carbocycles. The molecule has 0 radical (unpaired) electrons. The zero-order valence-electron chi connectivity index (χ0n) is 16.9. The lowest BCUT2D eigenvalue weighted by molar-refractivity contribution is 0.101. The van der Waals surface area contributed by atoms with Crippen LogP contribution in [0.15, 0.2) is 30.3 Å². The zero-order chi connectivity index (χ0) is 20.4. The average molecular weight is 397 g/mol. The fourth-order valence-electron chi connectivity index (χ4n) is 4.29. The Bertz CT molecular complexity index is 880. The number of likely N-dealkylation sites (N-methyl/N-ethyl adjacent to an activating group) is 1. The summed E-state index contributed by atoms with van der Waals surface area (Å²) in [6.07, 6.45) is 3.35. The number of fused-ring (bicyclic) bond motifs is 2. The number of aldehydes is 1. The van der Waals surface area contributed by atoms with Crippen LogP contribution in [0.2, 0.25) is 0 Å².